The topological polar surface area (TPSA) is 165 Å². The molecule has 1 aliphatic carbocycles. The molecule has 3 aromatic heterocycles. The van der Waals surface area contributed by atoms with Crippen molar-refractivity contribution in [3.63, 3.8) is 0 Å². The minimum Gasteiger partial charge on any atom is -0.389 e. The quantitative estimate of drug-likeness (QED) is 0.261. The van der Waals surface area contributed by atoms with Crippen LogP contribution in [0.25, 0.3) is 21.9 Å². The smallest absolute Gasteiger partial charge is 0.164 e. The van der Waals surface area contributed by atoms with Gasteiger partial charge in [-0.05, 0) is 46.1 Å². The number of nitrogens with zero attached hydrogens (tertiary/aromatic N) is 4. The van der Waals surface area contributed by atoms with E-state index in [4.69, 9.17) is 11.5 Å². The van der Waals surface area contributed by atoms with Crippen molar-refractivity contribution in [3.05, 3.63) is 52.9 Å². The molecule has 10 nitrogen and oxygen atoms in total. The lowest BCUT2D eigenvalue weighted by Crippen LogP contribution is -2.42. The lowest BCUT2D eigenvalue weighted by Gasteiger charge is -2.25. The van der Waals surface area contributed by atoms with Crippen LogP contribution in [0.15, 0.2) is 47.3 Å². The van der Waals surface area contributed by atoms with Crippen molar-refractivity contribution in [2.45, 2.75) is 30.7 Å². The molecule has 2 aliphatic rings. The van der Waals surface area contributed by atoms with E-state index < -0.39 is 29.7 Å². The normalized spacial score (nSPS) is 29.1. The Hall–Kier alpha value is -3.12. The van der Waals surface area contributed by atoms with Crippen LogP contribution in [-0.2, 0) is 4.79 Å². The number of nitrogens with two attached hydrogens (primary N) is 2. The molecule has 1 saturated carbocycles. The number of rotatable bonds is 2. The monoisotopic (exact) mass is 523 g/mol. The fourth-order valence-corrected chi connectivity index (χ4v) is 5.80. The summed E-state index contributed by atoms with van der Waals surface area (Å²) in [6, 6.07) is 8.08. The van der Waals surface area contributed by atoms with Gasteiger partial charge >= 0.3 is 0 Å². The number of nitrogen functional groups attached to an aromatic ring is 2. The number of fused-ring (bicyclic) bond motifs is 2. The minimum atomic E-state index is -1.23. The first-order valence-corrected chi connectivity index (χ1v) is 11.7. The molecule has 11 heteroatoms. The summed E-state index contributed by atoms with van der Waals surface area (Å²) in [5.74, 6) is 0.548. The molecule has 0 bridgehead atoms. The Kier molecular flexibility index (Phi) is 4.69. The molecule has 0 unspecified atom stereocenters. The van der Waals surface area contributed by atoms with Crippen LogP contribution in [0, 0.1) is 5.41 Å². The minimum absolute atomic E-state index is 0.156. The second kappa shape index (κ2) is 7.44. The molecule has 1 aromatic carbocycles. The number of aliphatic hydroxyl groups excluding tert-OH is 2. The second-order valence-electron chi connectivity index (χ2n) is 9.07. The van der Waals surface area contributed by atoms with Crippen molar-refractivity contribution in [1.82, 2.24) is 24.8 Å². The zero-order valence-electron chi connectivity index (χ0n) is 17.9. The number of ketones is 1. The van der Waals surface area contributed by atoms with Crippen LogP contribution in [0.2, 0.25) is 0 Å². The Bertz CT molecular complexity index is 1470. The number of hydrogen-bond acceptors (Lipinski definition) is 9. The van der Waals surface area contributed by atoms with Gasteiger partial charge in [-0.3, -0.25) is 4.79 Å². The Balaban J connectivity index is 1.35. The van der Waals surface area contributed by atoms with Crippen LogP contribution >= 0.6 is 15.9 Å². The van der Waals surface area contributed by atoms with E-state index in [1.807, 2.05) is 24.3 Å². The maximum absolute atomic E-state index is 13.7. The largest absolute Gasteiger partial charge is 0.389 e. The number of nitrogens with one attached hydrogen (secondary N) is 1. The average Bonchev–Trinajstić information content (AvgIpc) is 3.46. The van der Waals surface area contributed by atoms with E-state index in [1.165, 1.54) is 6.33 Å². The molecule has 1 saturated heterocycles. The van der Waals surface area contributed by atoms with Crippen molar-refractivity contribution in [1.29, 1.82) is 0 Å². The summed E-state index contributed by atoms with van der Waals surface area (Å²) >= 11 is 3.38. The van der Waals surface area contributed by atoms with Gasteiger partial charge in [0.15, 0.2) is 5.78 Å². The molecule has 0 radical (unpaired) electrons. The SMILES string of the molecule is Nc1nc2cc([C@@H]3NC[C@@]4(C[C@@H](n5ccc6c(N)ncnc65)[C@H](O)[C@@H]4O)C3=O)ccc2cc1Br. The number of anilines is 2. The maximum atomic E-state index is 13.7. The molecule has 5 atom stereocenters. The summed E-state index contributed by atoms with van der Waals surface area (Å²) in [5, 5.41) is 26.9. The summed E-state index contributed by atoms with van der Waals surface area (Å²) < 4.78 is 2.48. The van der Waals surface area contributed by atoms with Crippen molar-refractivity contribution in [3.8, 4) is 0 Å². The van der Waals surface area contributed by atoms with Crippen LogP contribution in [0.5, 0.6) is 0 Å². The summed E-state index contributed by atoms with van der Waals surface area (Å²) in [7, 11) is 0. The van der Waals surface area contributed by atoms with Gasteiger partial charge in [0.2, 0.25) is 0 Å². The molecule has 2 fully saturated rings. The maximum Gasteiger partial charge on any atom is 0.164 e. The van der Waals surface area contributed by atoms with Crippen LogP contribution in [0.1, 0.15) is 24.1 Å². The van der Waals surface area contributed by atoms with Crippen LogP contribution in [0.4, 0.5) is 11.6 Å². The number of carbonyl (C=O) groups excluding carboxylic acids is 1. The van der Waals surface area contributed by atoms with Crippen molar-refractivity contribution in [2.24, 2.45) is 5.41 Å². The number of aliphatic hydroxyl groups is 2. The predicted octanol–water partition coefficient (Wildman–Crippen LogP) is 1.47. The zero-order chi connectivity index (χ0) is 23.8. The van der Waals surface area contributed by atoms with Gasteiger partial charge in [0, 0.05) is 18.1 Å². The molecule has 1 aliphatic heterocycles. The molecule has 0 amide bonds. The first-order valence-electron chi connectivity index (χ1n) is 10.9. The molecule has 174 valence electrons. The molecule has 4 heterocycles. The number of benzene rings is 1. The van der Waals surface area contributed by atoms with Crippen molar-refractivity contribution in [2.75, 3.05) is 18.0 Å². The van der Waals surface area contributed by atoms with E-state index in [9.17, 15) is 15.0 Å². The summed E-state index contributed by atoms with van der Waals surface area (Å²) in [5.41, 5.74) is 12.7. The highest BCUT2D eigenvalue weighted by atomic mass is 79.9. The summed E-state index contributed by atoms with van der Waals surface area (Å²) in [6.45, 7) is 0.246. The Morgan fingerprint density at radius 2 is 1.97 bits per heavy atom. The highest BCUT2D eigenvalue weighted by molar-refractivity contribution is 9.10. The highest BCUT2D eigenvalue weighted by Gasteiger charge is 2.61. The van der Waals surface area contributed by atoms with Gasteiger partial charge in [0.05, 0.1) is 39.0 Å². The van der Waals surface area contributed by atoms with Crippen LogP contribution in [-0.4, -0.2) is 54.3 Å². The van der Waals surface area contributed by atoms with Gasteiger partial charge in [-0.25, -0.2) is 15.0 Å². The standard InChI is InChI=1S/C23H22BrN7O3/c24-13-5-10-1-2-11(6-14(10)30-21(13)26)16-18(33)23(8-27-16)7-15(17(32)19(23)34)31-4-3-12-20(25)28-9-29-22(12)31/h1-6,9,15-17,19,27,32,34H,7-8H2,(H2,26,30)(H2,25,28,29)/t15-,16+,17+,19+,23+/m1/s1. The number of pyridine rings is 1. The Morgan fingerprint density at radius 1 is 1.15 bits per heavy atom. The fraction of sp³-hybridized carbons (Fsp3) is 0.304. The third kappa shape index (κ3) is 2.91. The number of hydrogen-bond donors (Lipinski definition) is 5. The first kappa shape index (κ1) is 21.4. The zero-order valence-corrected chi connectivity index (χ0v) is 19.5. The molecular formula is C23H22BrN7O3. The van der Waals surface area contributed by atoms with E-state index in [-0.39, 0.29) is 18.7 Å². The molecule has 6 rings (SSSR count). The number of aromatic nitrogens is 4. The van der Waals surface area contributed by atoms with Crippen molar-refractivity contribution < 1.29 is 15.0 Å². The second-order valence-corrected chi connectivity index (χ2v) is 9.92. The predicted molar refractivity (Wildman–Crippen MR) is 130 cm³/mol. The van der Waals surface area contributed by atoms with Gasteiger partial charge < -0.3 is 31.6 Å². The number of halogens is 1. The summed E-state index contributed by atoms with van der Waals surface area (Å²) in [4.78, 5) is 26.4. The van der Waals surface area contributed by atoms with E-state index in [2.05, 4.69) is 36.2 Å². The Morgan fingerprint density at radius 3 is 2.79 bits per heavy atom. The number of Topliss-reactive ketones (excluding diaryl/α,β-unsaturated/α-hetero) is 1. The highest BCUT2D eigenvalue weighted by Crippen LogP contribution is 2.50. The molecule has 1 spiro atoms. The lowest BCUT2D eigenvalue weighted by molar-refractivity contribution is -0.132. The Labute approximate surface area is 202 Å². The first-order chi connectivity index (χ1) is 16.3. The van der Waals surface area contributed by atoms with E-state index in [1.54, 1.807) is 16.8 Å². The molecule has 34 heavy (non-hydrogen) atoms. The van der Waals surface area contributed by atoms with Gasteiger partial charge in [-0.1, -0.05) is 12.1 Å². The third-order valence-electron chi connectivity index (χ3n) is 7.28. The van der Waals surface area contributed by atoms with E-state index in [0.29, 0.717) is 32.7 Å². The number of carbonyl (C=O) groups is 1. The van der Waals surface area contributed by atoms with Gasteiger partial charge in [0.1, 0.15) is 29.7 Å². The van der Waals surface area contributed by atoms with Gasteiger partial charge in [-0.15, -0.1) is 0 Å². The lowest BCUT2D eigenvalue weighted by atomic mass is 9.79. The van der Waals surface area contributed by atoms with Gasteiger partial charge in [-0.2, -0.15) is 0 Å². The van der Waals surface area contributed by atoms with E-state index >= 15 is 0 Å². The van der Waals surface area contributed by atoms with Crippen LogP contribution in [0.3, 0.4) is 0 Å². The van der Waals surface area contributed by atoms with Crippen molar-refractivity contribution >= 4 is 55.3 Å². The summed E-state index contributed by atoms with van der Waals surface area (Å²) in [6.07, 6.45) is 1.00. The van der Waals surface area contributed by atoms with Crippen LogP contribution < -0.4 is 16.8 Å². The average molecular weight is 524 g/mol. The molecular weight excluding hydrogens is 502 g/mol. The molecule has 4 aromatic rings. The van der Waals surface area contributed by atoms with E-state index in [0.717, 1.165) is 10.9 Å². The molecule has 7 N–H and O–H groups in total. The fourth-order valence-electron chi connectivity index (χ4n) is 5.47. The third-order valence-corrected chi connectivity index (χ3v) is 7.92. The van der Waals surface area contributed by atoms with Gasteiger partial charge in [0.25, 0.3) is 0 Å².